The first-order valence-electron chi connectivity index (χ1n) is 11.4. The fraction of sp³-hybridized carbons (Fsp3) is 0.269. The van der Waals surface area contributed by atoms with Crippen LogP contribution in [-0.2, 0) is 0 Å². The number of nitrogens with one attached hydrogen (secondary N) is 1. The minimum atomic E-state index is -0.292. The van der Waals surface area contributed by atoms with Gasteiger partial charge in [-0.3, -0.25) is 14.8 Å². The Labute approximate surface area is 190 Å². The molecule has 3 heterocycles. The molecule has 0 bridgehead atoms. The fourth-order valence-electron chi connectivity index (χ4n) is 5.33. The van der Waals surface area contributed by atoms with Gasteiger partial charge in [-0.05, 0) is 55.2 Å². The Morgan fingerprint density at radius 3 is 2.36 bits per heavy atom. The number of H-pyrrole nitrogens is 1. The smallest absolute Gasteiger partial charge is 0.277 e. The molecule has 0 saturated heterocycles. The Morgan fingerprint density at radius 2 is 1.67 bits per heavy atom. The van der Waals surface area contributed by atoms with E-state index in [2.05, 4.69) is 15.4 Å². The van der Waals surface area contributed by atoms with E-state index in [0.717, 1.165) is 59.4 Å². The van der Waals surface area contributed by atoms with Crippen LogP contribution in [0, 0.1) is 11.7 Å². The van der Waals surface area contributed by atoms with Crippen molar-refractivity contribution >= 4 is 11.6 Å². The summed E-state index contributed by atoms with van der Waals surface area (Å²) >= 11 is 0. The van der Waals surface area contributed by atoms with Crippen molar-refractivity contribution in [2.24, 2.45) is 5.92 Å². The molecule has 2 aromatic heterocycles. The Kier molecular flexibility index (Phi) is 4.82. The van der Waals surface area contributed by atoms with Crippen LogP contribution in [0.4, 0.5) is 10.1 Å². The lowest BCUT2D eigenvalue weighted by atomic mass is 9.80. The number of aromatic amines is 1. The molecule has 1 unspecified atom stereocenters. The summed E-state index contributed by atoms with van der Waals surface area (Å²) in [6.07, 6.45) is 7.23. The molecule has 6 nitrogen and oxygen atoms in total. The molecule has 4 aromatic rings. The fourth-order valence-corrected chi connectivity index (χ4v) is 5.33. The third-order valence-corrected chi connectivity index (χ3v) is 6.90. The average molecular weight is 442 g/mol. The van der Waals surface area contributed by atoms with E-state index in [1.807, 2.05) is 35.2 Å². The van der Waals surface area contributed by atoms with E-state index in [4.69, 9.17) is 4.52 Å². The molecule has 7 heteroatoms. The van der Waals surface area contributed by atoms with E-state index in [1.165, 1.54) is 18.6 Å². The molecule has 1 amide bonds. The van der Waals surface area contributed by atoms with Crippen LogP contribution in [0.25, 0.3) is 22.5 Å². The van der Waals surface area contributed by atoms with E-state index in [0.29, 0.717) is 11.6 Å². The second kappa shape index (κ2) is 7.99. The van der Waals surface area contributed by atoms with E-state index in [-0.39, 0.29) is 17.8 Å². The zero-order valence-corrected chi connectivity index (χ0v) is 18.0. The minimum Gasteiger partial charge on any atom is -0.364 e. The van der Waals surface area contributed by atoms with Gasteiger partial charge in [-0.2, -0.15) is 5.10 Å². The highest BCUT2D eigenvalue weighted by Crippen LogP contribution is 2.49. The van der Waals surface area contributed by atoms with Gasteiger partial charge in [-0.25, -0.2) is 4.39 Å². The molecule has 2 aliphatic rings. The number of fused-ring (bicyclic) bond motifs is 1. The summed E-state index contributed by atoms with van der Waals surface area (Å²) in [5.41, 5.74) is 5.54. The van der Waals surface area contributed by atoms with E-state index in [1.54, 1.807) is 18.4 Å². The second-order valence-corrected chi connectivity index (χ2v) is 8.82. The van der Waals surface area contributed by atoms with Crippen LogP contribution in [-0.4, -0.2) is 21.3 Å². The zero-order chi connectivity index (χ0) is 22.4. The molecule has 6 rings (SSSR count). The number of anilines is 1. The van der Waals surface area contributed by atoms with Crippen LogP contribution in [0.3, 0.4) is 0 Å². The molecule has 0 spiro atoms. The van der Waals surface area contributed by atoms with Crippen LogP contribution in [0.5, 0.6) is 0 Å². The van der Waals surface area contributed by atoms with Crippen molar-refractivity contribution in [2.75, 3.05) is 4.90 Å². The van der Waals surface area contributed by atoms with Crippen LogP contribution in [0.15, 0.2) is 65.4 Å². The first-order valence-corrected chi connectivity index (χ1v) is 11.4. The number of carbonyl (C=O) groups is 1. The van der Waals surface area contributed by atoms with E-state index in [9.17, 15) is 9.18 Å². The molecule has 1 saturated carbocycles. The number of aromatic nitrogens is 3. The van der Waals surface area contributed by atoms with Gasteiger partial charge < -0.3 is 4.52 Å². The van der Waals surface area contributed by atoms with Crippen molar-refractivity contribution < 1.29 is 13.7 Å². The molecule has 1 aliphatic heterocycles. The summed E-state index contributed by atoms with van der Waals surface area (Å²) in [6, 6.07) is 15.9. The molecule has 0 radical (unpaired) electrons. The Hall–Kier alpha value is -3.74. The summed E-state index contributed by atoms with van der Waals surface area (Å²) in [4.78, 5) is 15.5. The van der Waals surface area contributed by atoms with Crippen molar-refractivity contribution in [1.82, 2.24) is 15.4 Å². The Balaban J connectivity index is 1.44. The number of halogens is 1. The molecule has 2 aromatic carbocycles. The summed E-state index contributed by atoms with van der Waals surface area (Å²) in [6.45, 7) is 0. The van der Waals surface area contributed by atoms with Crippen LogP contribution >= 0.6 is 0 Å². The van der Waals surface area contributed by atoms with Crippen molar-refractivity contribution in [3.8, 4) is 22.5 Å². The average Bonchev–Trinajstić information content (AvgIpc) is 3.59. The first-order chi connectivity index (χ1) is 16.2. The highest BCUT2D eigenvalue weighted by Gasteiger charge is 2.45. The lowest BCUT2D eigenvalue weighted by Gasteiger charge is -2.35. The van der Waals surface area contributed by atoms with Gasteiger partial charge in [-0.15, -0.1) is 0 Å². The second-order valence-electron chi connectivity index (χ2n) is 8.82. The quantitative estimate of drug-likeness (QED) is 0.411. The molecule has 1 fully saturated rings. The highest BCUT2D eigenvalue weighted by molar-refractivity contribution is 6.11. The normalized spacial score (nSPS) is 18.6. The van der Waals surface area contributed by atoms with Gasteiger partial charge in [0.1, 0.15) is 23.5 Å². The number of amides is 1. The Morgan fingerprint density at radius 1 is 0.939 bits per heavy atom. The summed E-state index contributed by atoms with van der Waals surface area (Å²) < 4.78 is 18.5. The maximum atomic E-state index is 13.6. The monoisotopic (exact) mass is 442 g/mol. The molecule has 33 heavy (non-hydrogen) atoms. The number of hydrogen-bond donors (Lipinski definition) is 1. The van der Waals surface area contributed by atoms with Gasteiger partial charge in [0, 0.05) is 28.4 Å². The third-order valence-electron chi connectivity index (χ3n) is 6.90. The zero-order valence-electron chi connectivity index (χ0n) is 18.0. The van der Waals surface area contributed by atoms with Gasteiger partial charge >= 0.3 is 0 Å². The Bertz CT molecular complexity index is 1270. The topological polar surface area (TPSA) is 75.0 Å². The van der Waals surface area contributed by atoms with Crippen molar-refractivity contribution in [3.63, 3.8) is 0 Å². The molecule has 166 valence electrons. The van der Waals surface area contributed by atoms with Crippen LogP contribution < -0.4 is 4.90 Å². The van der Waals surface area contributed by atoms with Gasteiger partial charge in [0.05, 0.1) is 11.7 Å². The first kappa shape index (κ1) is 19.9. The molecule has 1 aliphatic carbocycles. The highest BCUT2D eigenvalue weighted by atomic mass is 19.1. The number of rotatable bonds is 4. The van der Waals surface area contributed by atoms with E-state index < -0.39 is 0 Å². The van der Waals surface area contributed by atoms with Gasteiger partial charge in [0.2, 0.25) is 0 Å². The van der Waals surface area contributed by atoms with Crippen molar-refractivity contribution in [1.29, 1.82) is 0 Å². The van der Waals surface area contributed by atoms with Gasteiger partial charge in [0.15, 0.2) is 0 Å². The van der Waals surface area contributed by atoms with Gasteiger partial charge in [-0.1, -0.05) is 36.6 Å². The number of nitrogens with zero attached hydrogens (tertiary/aromatic N) is 3. The van der Waals surface area contributed by atoms with Gasteiger partial charge in [0.25, 0.3) is 5.91 Å². The van der Waals surface area contributed by atoms with Crippen LogP contribution in [0.2, 0.25) is 0 Å². The van der Waals surface area contributed by atoms with E-state index >= 15 is 0 Å². The standard InChI is InChI=1S/C26H23FN4O2/c27-19-10-6-17(7-11-19)23-22-24(29-28-23)26(32)31(25(22)18-4-2-1-3-5-18)20-12-8-16(9-13-20)21-14-15-33-30-21/h6-15,18,25H,1-5H2,(H,28,29). The van der Waals surface area contributed by atoms with Crippen molar-refractivity contribution in [3.05, 3.63) is 77.9 Å². The molecular formula is C26H23FN4O2. The SMILES string of the molecule is O=C1c2[nH]nc(-c3ccc(F)cc3)c2C(C2CCCCC2)N1c1ccc(-c2ccon2)cc1. The lowest BCUT2D eigenvalue weighted by Crippen LogP contribution is -2.33. The largest absolute Gasteiger partial charge is 0.364 e. The predicted molar refractivity (Wildman–Crippen MR) is 122 cm³/mol. The lowest BCUT2D eigenvalue weighted by molar-refractivity contribution is 0.0977. The maximum Gasteiger partial charge on any atom is 0.277 e. The molecule has 1 N–H and O–H groups in total. The number of hydrogen-bond acceptors (Lipinski definition) is 4. The summed E-state index contributed by atoms with van der Waals surface area (Å²) in [7, 11) is 0. The number of benzene rings is 2. The molecule has 1 atom stereocenters. The minimum absolute atomic E-state index is 0.0735. The van der Waals surface area contributed by atoms with Crippen LogP contribution in [0.1, 0.15) is 54.2 Å². The van der Waals surface area contributed by atoms with Crippen molar-refractivity contribution in [2.45, 2.75) is 38.1 Å². The summed E-state index contributed by atoms with van der Waals surface area (Å²) in [5, 5.41) is 11.5. The number of carbonyl (C=O) groups excluding carboxylic acids is 1. The summed E-state index contributed by atoms with van der Waals surface area (Å²) in [5.74, 6) is -0.0220. The molecular weight excluding hydrogens is 419 g/mol. The third kappa shape index (κ3) is 3.35. The predicted octanol–water partition coefficient (Wildman–Crippen LogP) is 6.15. The maximum absolute atomic E-state index is 13.6.